The number of nitrogens with zero attached hydrogens (tertiary/aromatic N) is 3. The van der Waals surface area contributed by atoms with E-state index in [-0.39, 0.29) is 18.6 Å². The minimum absolute atomic E-state index is 0.100. The molecule has 7 heteroatoms. The minimum Gasteiger partial charge on any atom is -0.388 e. The lowest BCUT2D eigenvalue weighted by atomic mass is 9.79. The number of amides is 1. The Balaban J connectivity index is 1.33. The first-order valence-corrected chi connectivity index (χ1v) is 9.73. The van der Waals surface area contributed by atoms with Crippen LogP contribution in [0.25, 0.3) is 0 Å². The molecule has 1 saturated carbocycles. The molecular formula is C18H24N4O2S. The van der Waals surface area contributed by atoms with Gasteiger partial charge in [-0.05, 0) is 18.4 Å². The fourth-order valence-electron chi connectivity index (χ4n) is 3.04. The number of benzene rings is 1. The van der Waals surface area contributed by atoms with Crippen molar-refractivity contribution in [1.82, 2.24) is 20.1 Å². The minimum atomic E-state index is -0.100. The van der Waals surface area contributed by atoms with Gasteiger partial charge in [-0.3, -0.25) is 4.79 Å². The van der Waals surface area contributed by atoms with Gasteiger partial charge in [-0.1, -0.05) is 30.3 Å². The van der Waals surface area contributed by atoms with Gasteiger partial charge < -0.3 is 15.0 Å². The molecule has 1 fully saturated rings. The molecule has 2 aromatic rings. The molecule has 1 amide bonds. The molecule has 6 nitrogen and oxygen atoms in total. The van der Waals surface area contributed by atoms with Crippen LogP contribution in [-0.4, -0.2) is 37.6 Å². The van der Waals surface area contributed by atoms with E-state index in [1.54, 1.807) is 11.8 Å². The van der Waals surface area contributed by atoms with Crippen molar-refractivity contribution in [2.45, 2.75) is 43.6 Å². The zero-order valence-electron chi connectivity index (χ0n) is 14.4. The maximum atomic E-state index is 12.0. The molecule has 0 spiro atoms. The van der Waals surface area contributed by atoms with E-state index in [1.165, 1.54) is 5.56 Å². The highest BCUT2D eigenvalue weighted by Crippen LogP contribution is 2.35. The van der Waals surface area contributed by atoms with E-state index in [2.05, 4.69) is 27.6 Å². The summed E-state index contributed by atoms with van der Waals surface area (Å²) in [6.45, 7) is -0.100. The maximum absolute atomic E-state index is 12.0. The molecule has 0 saturated heterocycles. The Morgan fingerprint density at radius 3 is 2.76 bits per heavy atom. The zero-order chi connectivity index (χ0) is 17.6. The molecule has 0 radical (unpaired) electrons. The number of rotatable bonds is 8. The fraction of sp³-hybridized carbons (Fsp3) is 0.500. The van der Waals surface area contributed by atoms with Crippen molar-refractivity contribution < 1.29 is 9.90 Å². The monoisotopic (exact) mass is 360 g/mol. The summed E-state index contributed by atoms with van der Waals surface area (Å²) < 4.78 is 1.85. The summed E-state index contributed by atoms with van der Waals surface area (Å²) in [7, 11) is 1.87. The number of aliphatic hydroxyl groups excluding tert-OH is 1. The zero-order valence-corrected chi connectivity index (χ0v) is 15.2. The Morgan fingerprint density at radius 2 is 2.08 bits per heavy atom. The number of carbonyl (C=O) groups excluding carboxylic acids is 1. The lowest BCUT2D eigenvalue weighted by Crippen LogP contribution is -2.44. The van der Waals surface area contributed by atoms with Gasteiger partial charge >= 0.3 is 0 Å². The van der Waals surface area contributed by atoms with Crippen molar-refractivity contribution >= 4 is 17.7 Å². The number of thioether (sulfide) groups is 1. The fourth-order valence-corrected chi connectivity index (χ4v) is 3.95. The summed E-state index contributed by atoms with van der Waals surface area (Å²) in [5.41, 5.74) is 1.29. The van der Waals surface area contributed by atoms with Gasteiger partial charge in [0.25, 0.3) is 0 Å². The standard InChI is InChI=1S/C18H24N4O2S/c1-22-16(11-23)20-21-18(22)14-9-15(10-14)19-17(24)7-8-25-12-13-5-3-2-4-6-13/h2-6,14-15,23H,7-12H2,1H3,(H,19,24). The van der Waals surface area contributed by atoms with E-state index in [1.807, 2.05) is 29.8 Å². The van der Waals surface area contributed by atoms with Crippen LogP contribution in [0.5, 0.6) is 0 Å². The van der Waals surface area contributed by atoms with Crippen LogP contribution in [0.2, 0.25) is 0 Å². The molecule has 1 aliphatic carbocycles. The summed E-state index contributed by atoms with van der Waals surface area (Å²) in [4.78, 5) is 12.0. The molecule has 25 heavy (non-hydrogen) atoms. The van der Waals surface area contributed by atoms with Gasteiger partial charge in [0.15, 0.2) is 5.82 Å². The van der Waals surface area contributed by atoms with Gasteiger partial charge in [0.05, 0.1) is 0 Å². The molecule has 0 bridgehead atoms. The predicted octanol–water partition coefficient (Wildman–Crippen LogP) is 1.99. The summed E-state index contributed by atoms with van der Waals surface area (Å²) in [5.74, 6) is 3.69. The normalized spacial score (nSPS) is 19.4. The number of hydrogen-bond donors (Lipinski definition) is 2. The Bertz CT molecular complexity index is 698. The van der Waals surface area contributed by atoms with Gasteiger partial charge in [0.1, 0.15) is 12.4 Å². The molecular weight excluding hydrogens is 336 g/mol. The van der Waals surface area contributed by atoms with E-state index in [0.717, 1.165) is 30.2 Å². The van der Waals surface area contributed by atoms with Gasteiger partial charge in [-0.25, -0.2) is 0 Å². The molecule has 0 atom stereocenters. The number of hydrogen-bond acceptors (Lipinski definition) is 5. The van der Waals surface area contributed by atoms with E-state index in [9.17, 15) is 4.79 Å². The van der Waals surface area contributed by atoms with Gasteiger partial charge in [-0.15, -0.1) is 10.2 Å². The Kier molecular flexibility index (Phi) is 6.09. The lowest BCUT2D eigenvalue weighted by molar-refractivity contribution is -0.122. The van der Waals surface area contributed by atoms with Crippen LogP contribution < -0.4 is 5.32 Å². The second-order valence-electron chi connectivity index (χ2n) is 6.41. The van der Waals surface area contributed by atoms with Crippen molar-refractivity contribution in [1.29, 1.82) is 0 Å². The van der Waals surface area contributed by atoms with Gasteiger partial charge in [0, 0.05) is 36.9 Å². The first-order chi connectivity index (χ1) is 12.2. The third-order valence-corrected chi connectivity index (χ3v) is 5.62. The Hall–Kier alpha value is -1.86. The molecule has 134 valence electrons. The molecule has 1 heterocycles. The van der Waals surface area contributed by atoms with Crippen molar-refractivity contribution in [3.8, 4) is 0 Å². The summed E-state index contributed by atoms with van der Waals surface area (Å²) in [5, 5.41) is 20.4. The first kappa shape index (κ1) is 17.9. The molecule has 3 rings (SSSR count). The van der Waals surface area contributed by atoms with Crippen LogP contribution in [0.4, 0.5) is 0 Å². The van der Waals surface area contributed by atoms with Crippen molar-refractivity contribution in [3.05, 3.63) is 47.5 Å². The van der Waals surface area contributed by atoms with Crippen molar-refractivity contribution in [2.75, 3.05) is 5.75 Å². The molecule has 1 aromatic heterocycles. The smallest absolute Gasteiger partial charge is 0.221 e. The lowest BCUT2D eigenvalue weighted by Gasteiger charge is -2.35. The number of nitrogens with one attached hydrogen (secondary N) is 1. The van der Waals surface area contributed by atoms with E-state index >= 15 is 0 Å². The molecule has 2 N–H and O–H groups in total. The highest BCUT2D eigenvalue weighted by atomic mass is 32.2. The summed E-state index contributed by atoms with van der Waals surface area (Å²) in [6.07, 6.45) is 2.33. The maximum Gasteiger partial charge on any atom is 0.221 e. The Labute approximate surface area is 152 Å². The van der Waals surface area contributed by atoms with Crippen molar-refractivity contribution in [2.24, 2.45) is 7.05 Å². The molecule has 0 aliphatic heterocycles. The van der Waals surface area contributed by atoms with E-state index < -0.39 is 0 Å². The molecule has 0 unspecified atom stereocenters. The summed E-state index contributed by atoms with van der Waals surface area (Å²) in [6, 6.07) is 10.5. The number of carbonyl (C=O) groups is 1. The average Bonchev–Trinajstić information content (AvgIpc) is 2.96. The third kappa shape index (κ3) is 4.61. The van der Waals surface area contributed by atoms with Crippen LogP contribution in [-0.2, 0) is 24.2 Å². The van der Waals surface area contributed by atoms with Crippen molar-refractivity contribution in [3.63, 3.8) is 0 Å². The van der Waals surface area contributed by atoms with Crippen LogP contribution >= 0.6 is 11.8 Å². The second kappa shape index (κ2) is 8.49. The highest BCUT2D eigenvalue weighted by molar-refractivity contribution is 7.98. The predicted molar refractivity (Wildman–Crippen MR) is 98.1 cm³/mol. The van der Waals surface area contributed by atoms with Gasteiger partial charge in [-0.2, -0.15) is 11.8 Å². The largest absolute Gasteiger partial charge is 0.388 e. The quantitative estimate of drug-likeness (QED) is 0.704. The SMILES string of the molecule is Cn1c(CO)nnc1C1CC(NC(=O)CCSCc2ccccc2)C1. The second-order valence-corrected chi connectivity index (χ2v) is 7.52. The highest BCUT2D eigenvalue weighted by Gasteiger charge is 2.34. The van der Waals surface area contributed by atoms with Crippen LogP contribution in [0.1, 0.15) is 42.4 Å². The van der Waals surface area contributed by atoms with Gasteiger partial charge in [0.2, 0.25) is 5.91 Å². The van der Waals surface area contributed by atoms with Crippen LogP contribution in [0.15, 0.2) is 30.3 Å². The molecule has 1 aliphatic rings. The third-order valence-electron chi connectivity index (χ3n) is 4.59. The van der Waals surface area contributed by atoms with Crippen LogP contribution in [0, 0.1) is 0 Å². The van der Waals surface area contributed by atoms with E-state index in [4.69, 9.17) is 5.11 Å². The Morgan fingerprint density at radius 1 is 1.32 bits per heavy atom. The topological polar surface area (TPSA) is 80.0 Å². The van der Waals surface area contributed by atoms with E-state index in [0.29, 0.717) is 18.2 Å². The molecule has 1 aromatic carbocycles. The first-order valence-electron chi connectivity index (χ1n) is 8.57. The number of aromatic nitrogens is 3. The number of aliphatic hydroxyl groups is 1. The average molecular weight is 360 g/mol. The van der Waals surface area contributed by atoms with Crippen LogP contribution in [0.3, 0.4) is 0 Å². The summed E-state index contributed by atoms with van der Waals surface area (Å²) >= 11 is 1.79.